The van der Waals surface area contributed by atoms with Crippen LogP contribution in [0.1, 0.15) is 34.8 Å². The first-order chi connectivity index (χ1) is 9.10. The van der Waals surface area contributed by atoms with Gasteiger partial charge in [0.1, 0.15) is 11.6 Å². The van der Waals surface area contributed by atoms with Gasteiger partial charge in [0.15, 0.2) is 5.76 Å². The smallest absolute Gasteiger partial charge is 0.287 e. The van der Waals surface area contributed by atoms with Crippen molar-refractivity contribution in [3.63, 3.8) is 0 Å². The van der Waals surface area contributed by atoms with Crippen molar-refractivity contribution in [1.82, 2.24) is 5.32 Å². The van der Waals surface area contributed by atoms with Gasteiger partial charge in [-0.25, -0.2) is 4.39 Å². The molecule has 0 unspecified atom stereocenters. The number of halogens is 1. The summed E-state index contributed by atoms with van der Waals surface area (Å²) in [5.41, 5.74) is 6.23. The van der Waals surface area contributed by atoms with Crippen LogP contribution in [0.5, 0.6) is 0 Å². The predicted molar refractivity (Wildman–Crippen MR) is 68.9 cm³/mol. The molecule has 2 rings (SSSR count). The molecule has 1 aromatic carbocycles. The molecule has 0 saturated carbocycles. The van der Waals surface area contributed by atoms with Gasteiger partial charge < -0.3 is 15.5 Å². The zero-order valence-electron chi connectivity index (χ0n) is 10.5. The number of benzene rings is 1. The summed E-state index contributed by atoms with van der Waals surface area (Å²) in [6.45, 7) is 2.07. The van der Waals surface area contributed by atoms with Crippen molar-refractivity contribution < 1.29 is 13.6 Å². The first-order valence-corrected chi connectivity index (χ1v) is 5.95. The number of hydrogen-bond donors (Lipinski definition) is 2. The first kappa shape index (κ1) is 13.3. The highest BCUT2D eigenvalue weighted by Crippen LogP contribution is 2.14. The summed E-state index contributed by atoms with van der Waals surface area (Å²) < 4.78 is 18.1. The van der Waals surface area contributed by atoms with Crippen LogP contribution in [0.3, 0.4) is 0 Å². The Balaban J connectivity index is 2.04. The number of carbonyl (C=O) groups is 1. The lowest BCUT2D eigenvalue weighted by atomic mass is 10.1. The first-order valence-electron chi connectivity index (χ1n) is 5.95. The SMILES string of the molecule is C[C@H](NC(=O)c1ccc(CN)o1)c1ccc(F)cc1. The Kier molecular flexibility index (Phi) is 3.97. The summed E-state index contributed by atoms with van der Waals surface area (Å²) in [6, 6.07) is 8.99. The summed E-state index contributed by atoms with van der Waals surface area (Å²) in [5.74, 6) is 0.145. The minimum atomic E-state index is -0.323. The maximum atomic E-state index is 12.8. The summed E-state index contributed by atoms with van der Waals surface area (Å²) >= 11 is 0. The lowest BCUT2D eigenvalue weighted by molar-refractivity contribution is 0.0910. The maximum absolute atomic E-state index is 12.8. The van der Waals surface area contributed by atoms with Crippen molar-refractivity contribution >= 4 is 5.91 Å². The van der Waals surface area contributed by atoms with Gasteiger partial charge in [-0.05, 0) is 36.8 Å². The second-order valence-electron chi connectivity index (χ2n) is 4.22. The molecule has 0 aliphatic rings. The average molecular weight is 262 g/mol. The van der Waals surface area contributed by atoms with Crippen LogP contribution >= 0.6 is 0 Å². The van der Waals surface area contributed by atoms with Crippen LogP contribution in [0.15, 0.2) is 40.8 Å². The third-order valence-electron chi connectivity index (χ3n) is 2.80. The van der Waals surface area contributed by atoms with Crippen LogP contribution in [0, 0.1) is 5.82 Å². The zero-order valence-corrected chi connectivity index (χ0v) is 10.5. The van der Waals surface area contributed by atoms with Crippen molar-refractivity contribution in [3.8, 4) is 0 Å². The standard InChI is InChI=1S/C14H15FN2O2/c1-9(10-2-4-11(15)5-3-10)17-14(18)13-7-6-12(8-16)19-13/h2-7,9H,8,16H2,1H3,(H,17,18)/t9-/m0/s1. The van der Waals surface area contributed by atoms with Gasteiger partial charge in [0.05, 0.1) is 12.6 Å². The van der Waals surface area contributed by atoms with E-state index in [1.54, 1.807) is 24.3 Å². The van der Waals surface area contributed by atoms with Crippen molar-refractivity contribution in [3.05, 3.63) is 59.3 Å². The van der Waals surface area contributed by atoms with E-state index < -0.39 is 0 Å². The second-order valence-corrected chi connectivity index (χ2v) is 4.22. The van der Waals surface area contributed by atoms with Crippen LogP contribution in [-0.2, 0) is 6.54 Å². The minimum Gasteiger partial charge on any atom is -0.455 e. The van der Waals surface area contributed by atoms with Gasteiger partial charge in [-0.3, -0.25) is 4.79 Å². The Bertz CT molecular complexity index is 563. The number of amides is 1. The van der Waals surface area contributed by atoms with Gasteiger partial charge in [0.2, 0.25) is 0 Å². The van der Waals surface area contributed by atoms with E-state index in [-0.39, 0.29) is 30.1 Å². The molecule has 0 radical (unpaired) electrons. The Morgan fingerprint density at radius 3 is 2.58 bits per heavy atom. The fourth-order valence-electron chi connectivity index (χ4n) is 1.71. The van der Waals surface area contributed by atoms with E-state index in [9.17, 15) is 9.18 Å². The third-order valence-corrected chi connectivity index (χ3v) is 2.80. The van der Waals surface area contributed by atoms with Crippen molar-refractivity contribution in [2.24, 2.45) is 5.73 Å². The van der Waals surface area contributed by atoms with Crippen LogP contribution in [0.4, 0.5) is 4.39 Å². The maximum Gasteiger partial charge on any atom is 0.287 e. The number of nitrogens with one attached hydrogen (secondary N) is 1. The third kappa shape index (κ3) is 3.20. The van der Waals surface area contributed by atoms with Crippen molar-refractivity contribution in [2.45, 2.75) is 19.5 Å². The van der Waals surface area contributed by atoms with E-state index in [0.717, 1.165) is 5.56 Å². The second kappa shape index (κ2) is 5.67. The molecule has 1 heterocycles. The van der Waals surface area contributed by atoms with E-state index in [2.05, 4.69) is 5.32 Å². The lowest BCUT2D eigenvalue weighted by Crippen LogP contribution is -2.26. The highest BCUT2D eigenvalue weighted by atomic mass is 19.1. The average Bonchev–Trinajstić information content (AvgIpc) is 2.88. The fraction of sp³-hybridized carbons (Fsp3) is 0.214. The molecule has 5 heteroatoms. The molecule has 4 nitrogen and oxygen atoms in total. The molecule has 1 amide bonds. The van der Waals surface area contributed by atoms with Gasteiger partial charge in [-0.15, -0.1) is 0 Å². The van der Waals surface area contributed by atoms with Crippen LogP contribution in [0.2, 0.25) is 0 Å². The van der Waals surface area contributed by atoms with Gasteiger partial charge in [-0.1, -0.05) is 12.1 Å². The minimum absolute atomic E-state index is 0.217. The van der Waals surface area contributed by atoms with Crippen LogP contribution in [0.25, 0.3) is 0 Å². The van der Waals surface area contributed by atoms with E-state index in [0.29, 0.717) is 5.76 Å². The number of carbonyl (C=O) groups excluding carboxylic acids is 1. The lowest BCUT2D eigenvalue weighted by Gasteiger charge is -2.13. The quantitative estimate of drug-likeness (QED) is 0.888. The molecule has 0 fully saturated rings. The number of hydrogen-bond acceptors (Lipinski definition) is 3. The molecule has 19 heavy (non-hydrogen) atoms. The molecule has 2 aromatic rings. The number of rotatable bonds is 4. The van der Waals surface area contributed by atoms with Gasteiger partial charge in [0, 0.05) is 0 Å². The Hall–Kier alpha value is -2.14. The molecule has 100 valence electrons. The van der Waals surface area contributed by atoms with Gasteiger partial charge >= 0.3 is 0 Å². The Morgan fingerprint density at radius 2 is 2.00 bits per heavy atom. The molecule has 0 bridgehead atoms. The van der Waals surface area contributed by atoms with E-state index in [1.807, 2.05) is 6.92 Å². The normalized spacial score (nSPS) is 12.2. The highest BCUT2D eigenvalue weighted by molar-refractivity contribution is 5.91. The largest absolute Gasteiger partial charge is 0.455 e. The van der Waals surface area contributed by atoms with Crippen LogP contribution < -0.4 is 11.1 Å². The molecule has 0 spiro atoms. The van der Waals surface area contributed by atoms with E-state index >= 15 is 0 Å². The Labute approximate surface area is 110 Å². The monoisotopic (exact) mass is 262 g/mol. The summed E-state index contributed by atoms with van der Waals surface area (Å²) in [5, 5.41) is 2.77. The molecule has 0 saturated heterocycles. The zero-order chi connectivity index (χ0) is 13.8. The fourth-order valence-corrected chi connectivity index (χ4v) is 1.71. The van der Waals surface area contributed by atoms with Crippen molar-refractivity contribution in [2.75, 3.05) is 0 Å². The van der Waals surface area contributed by atoms with E-state index in [4.69, 9.17) is 10.2 Å². The van der Waals surface area contributed by atoms with E-state index in [1.165, 1.54) is 12.1 Å². The molecule has 0 aliphatic carbocycles. The Morgan fingerprint density at radius 1 is 1.32 bits per heavy atom. The van der Waals surface area contributed by atoms with Crippen LogP contribution in [-0.4, -0.2) is 5.91 Å². The summed E-state index contributed by atoms with van der Waals surface area (Å²) in [4.78, 5) is 11.9. The molecular formula is C14H15FN2O2. The highest BCUT2D eigenvalue weighted by Gasteiger charge is 2.14. The number of nitrogens with two attached hydrogens (primary N) is 1. The molecule has 3 N–H and O–H groups in total. The summed E-state index contributed by atoms with van der Waals surface area (Å²) in [7, 11) is 0. The summed E-state index contributed by atoms with van der Waals surface area (Å²) in [6.07, 6.45) is 0. The number of furan rings is 1. The molecule has 1 atom stereocenters. The van der Waals surface area contributed by atoms with Crippen molar-refractivity contribution in [1.29, 1.82) is 0 Å². The molecule has 0 aliphatic heterocycles. The predicted octanol–water partition coefficient (Wildman–Crippen LogP) is 2.37. The topological polar surface area (TPSA) is 68.3 Å². The van der Waals surface area contributed by atoms with Gasteiger partial charge in [0.25, 0.3) is 5.91 Å². The van der Waals surface area contributed by atoms with Gasteiger partial charge in [-0.2, -0.15) is 0 Å². The molecule has 1 aromatic heterocycles. The molecular weight excluding hydrogens is 247 g/mol.